The molecule has 2 aromatic rings. The van der Waals surface area contributed by atoms with E-state index in [-0.39, 0.29) is 35.3 Å². The van der Waals surface area contributed by atoms with E-state index >= 15 is 0 Å². The summed E-state index contributed by atoms with van der Waals surface area (Å²) in [5.41, 5.74) is 0.988. The van der Waals surface area contributed by atoms with E-state index in [1.807, 2.05) is 28.1 Å². The van der Waals surface area contributed by atoms with Crippen LogP contribution in [-0.4, -0.2) is 47.5 Å². The zero-order valence-corrected chi connectivity index (χ0v) is 17.3. The van der Waals surface area contributed by atoms with Crippen LogP contribution in [0.2, 0.25) is 0 Å². The highest BCUT2D eigenvalue weighted by Crippen LogP contribution is 2.40. The third kappa shape index (κ3) is 4.43. The topological polar surface area (TPSA) is 83.4 Å². The first-order valence-electron chi connectivity index (χ1n) is 9.98. The number of thiophene rings is 1. The summed E-state index contributed by atoms with van der Waals surface area (Å²) >= 11 is 1.63. The molecule has 29 heavy (non-hydrogen) atoms. The predicted octanol–water partition coefficient (Wildman–Crippen LogP) is 1.32. The van der Waals surface area contributed by atoms with Crippen LogP contribution in [0.5, 0.6) is 0 Å². The summed E-state index contributed by atoms with van der Waals surface area (Å²) in [6.45, 7) is 4.34. The first-order valence-corrected chi connectivity index (χ1v) is 10.9. The highest BCUT2D eigenvalue weighted by molar-refractivity contribution is 7.09. The largest absolute Gasteiger partial charge is 0.354 e. The Bertz CT molecular complexity index is 940. The second-order valence-corrected chi connectivity index (χ2v) is 8.94. The molecule has 2 aliphatic heterocycles. The molecular weight excluding hydrogens is 388 g/mol. The molecule has 7 nitrogen and oxygen atoms in total. The zero-order chi connectivity index (χ0) is 20.4. The van der Waals surface area contributed by atoms with E-state index in [0.717, 1.165) is 30.1 Å². The van der Waals surface area contributed by atoms with Gasteiger partial charge in [-0.1, -0.05) is 12.1 Å². The minimum absolute atomic E-state index is 0.0160. The molecule has 2 bridgehead atoms. The van der Waals surface area contributed by atoms with Crippen molar-refractivity contribution in [2.75, 3.05) is 26.2 Å². The fraction of sp³-hybridized carbons (Fsp3) is 0.476. The van der Waals surface area contributed by atoms with Crippen molar-refractivity contribution in [3.8, 4) is 0 Å². The third-order valence-electron chi connectivity index (χ3n) is 5.84. The normalized spacial score (nSPS) is 23.3. The molecule has 0 aromatic carbocycles. The molecule has 8 heteroatoms. The molecule has 3 atom stereocenters. The van der Waals surface area contributed by atoms with Gasteiger partial charge >= 0.3 is 0 Å². The average Bonchev–Trinajstić information content (AvgIpc) is 3.20. The number of nitrogens with zero attached hydrogens (tertiary/aromatic N) is 2. The van der Waals surface area contributed by atoms with Crippen LogP contribution < -0.4 is 16.2 Å². The number of aromatic nitrogens is 1. The van der Waals surface area contributed by atoms with Crippen molar-refractivity contribution in [2.45, 2.75) is 31.8 Å². The summed E-state index contributed by atoms with van der Waals surface area (Å²) in [5, 5.41) is 7.88. The molecule has 2 aliphatic rings. The van der Waals surface area contributed by atoms with Crippen molar-refractivity contribution >= 4 is 23.2 Å². The fourth-order valence-electron chi connectivity index (χ4n) is 4.63. The lowest BCUT2D eigenvalue weighted by Gasteiger charge is -2.46. The van der Waals surface area contributed by atoms with Crippen molar-refractivity contribution in [1.82, 2.24) is 20.1 Å². The molecule has 2 N–H and O–H groups in total. The number of hydrogen-bond donors (Lipinski definition) is 2. The molecule has 0 spiro atoms. The van der Waals surface area contributed by atoms with Gasteiger partial charge in [-0.05, 0) is 29.9 Å². The van der Waals surface area contributed by atoms with Gasteiger partial charge < -0.3 is 15.2 Å². The Hall–Kier alpha value is -2.45. The highest BCUT2D eigenvalue weighted by Gasteiger charge is 2.40. The van der Waals surface area contributed by atoms with E-state index in [1.54, 1.807) is 23.5 Å². The van der Waals surface area contributed by atoms with E-state index in [2.05, 4.69) is 15.5 Å². The maximum absolute atomic E-state index is 12.6. The number of piperidine rings is 1. The summed E-state index contributed by atoms with van der Waals surface area (Å²) in [6.07, 6.45) is 0.973. The molecule has 154 valence electrons. The van der Waals surface area contributed by atoms with Gasteiger partial charge in [-0.15, -0.1) is 11.3 Å². The molecule has 1 saturated heterocycles. The smallest absolute Gasteiger partial charge is 0.251 e. The SMILES string of the molecule is CC(=O)NC[C@H]1[C@H]2C[C@H](CN(CC(=O)NCc3cccs3)C2)c2cccc(=O)n21. The van der Waals surface area contributed by atoms with Gasteiger partial charge in [0.05, 0.1) is 19.1 Å². The quantitative estimate of drug-likeness (QED) is 0.747. The summed E-state index contributed by atoms with van der Waals surface area (Å²) in [6, 6.07) is 9.29. The maximum atomic E-state index is 12.6. The van der Waals surface area contributed by atoms with Gasteiger partial charge in [0.2, 0.25) is 11.8 Å². The lowest BCUT2D eigenvalue weighted by molar-refractivity contribution is -0.123. The Morgan fingerprint density at radius 1 is 1.17 bits per heavy atom. The van der Waals surface area contributed by atoms with Gasteiger partial charge in [0.1, 0.15) is 0 Å². The van der Waals surface area contributed by atoms with Gasteiger partial charge in [0, 0.05) is 49.1 Å². The second kappa shape index (κ2) is 8.51. The molecule has 0 radical (unpaired) electrons. The lowest BCUT2D eigenvalue weighted by atomic mass is 9.78. The molecule has 4 heterocycles. The Morgan fingerprint density at radius 2 is 2.03 bits per heavy atom. The van der Waals surface area contributed by atoms with Crippen molar-refractivity contribution in [3.05, 3.63) is 56.6 Å². The van der Waals surface area contributed by atoms with Crippen LogP contribution in [0.15, 0.2) is 40.5 Å². The third-order valence-corrected chi connectivity index (χ3v) is 6.72. The molecule has 4 rings (SSSR count). The summed E-state index contributed by atoms with van der Waals surface area (Å²) in [5.74, 6) is 0.361. The molecule has 1 fully saturated rings. The van der Waals surface area contributed by atoms with E-state index < -0.39 is 0 Å². The zero-order valence-electron chi connectivity index (χ0n) is 16.5. The van der Waals surface area contributed by atoms with Crippen LogP contribution in [0.4, 0.5) is 0 Å². The average molecular weight is 415 g/mol. The first-order chi connectivity index (χ1) is 14.0. The molecule has 0 aliphatic carbocycles. The van der Waals surface area contributed by atoms with Crippen molar-refractivity contribution in [3.63, 3.8) is 0 Å². The summed E-state index contributed by atoms with van der Waals surface area (Å²) in [4.78, 5) is 39.8. The van der Waals surface area contributed by atoms with E-state index in [4.69, 9.17) is 0 Å². The Morgan fingerprint density at radius 3 is 2.79 bits per heavy atom. The highest BCUT2D eigenvalue weighted by atomic mass is 32.1. The number of hydrogen-bond acceptors (Lipinski definition) is 5. The maximum Gasteiger partial charge on any atom is 0.251 e. The molecule has 2 aromatic heterocycles. The number of amides is 2. The van der Waals surface area contributed by atoms with Crippen LogP contribution in [-0.2, 0) is 16.1 Å². The Balaban J connectivity index is 1.48. The van der Waals surface area contributed by atoms with Crippen molar-refractivity contribution < 1.29 is 9.59 Å². The van der Waals surface area contributed by atoms with Gasteiger partial charge in [-0.25, -0.2) is 0 Å². The summed E-state index contributed by atoms with van der Waals surface area (Å²) < 4.78 is 1.86. The Labute approximate surface area is 173 Å². The van der Waals surface area contributed by atoms with Crippen LogP contribution >= 0.6 is 11.3 Å². The number of carbonyl (C=O) groups is 2. The van der Waals surface area contributed by atoms with Crippen LogP contribution in [0, 0.1) is 5.92 Å². The van der Waals surface area contributed by atoms with Crippen LogP contribution in [0.25, 0.3) is 0 Å². The molecule has 0 unspecified atom stereocenters. The van der Waals surface area contributed by atoms with E-state index in [1.165, 1.54) is 6.92 Å². The van der Waals surface area contributed by atoms with Gasteiger partial charge in [0.25, 0.3) is 5.56 Å². The number of likely N-dealkylation sites (tertiary alicyclic amines) is 1. The minimum Gasteiger partial charge on any atom is -0.354 e. The number of nitrogens with one attached hydrogen (secondary N) is 2. The van der Waals surface area contributed by atoms with Gasteiger partial charge in [-0.2, -0.15) is 0 Å². The number of fused-ring (bicyclic) bond motifs is 4. The van der Waals surface area contributed by atoms with Gasteiger partial charge in [-0.3, -0.25) is 19.3 Å². The van der Waals surface area contributed by atoms with E-state index in [0.29, 0.717) is 19.6 Å². The first kappa shape index (κ1) is 19.8. The predicted molar refractivity (Wildman–Crippen MR) is 112 cm³/mol. The molecule has 2 amide bonds. The fourth-order valence-corrected chi connectivity index (χ4v) is 5.28. The van der Waals surface area contributed by atoms with Gasteiger partial charge in [0.15, 0.2) is 0 Å². The van der Waals surface area contributed by atoms with Crippen molar-refractivity contribution in [2.24, 2.45) is 5.92 Å². The molecule has 0 saturated carbocycles. The standard InChI is InChI=1S/C21H26N4O3S/c1-14(26)22-10-19-16-8-15(18-5-2-6-21(28)25(18)19)11-24(12-16)13-20(27)23-9-17-4-3-7-29-17/h2-7,15-16,19H,8-13H2,1H3,(H,22,26)(H,23,27)/t15-,16+,19+/m1/s1. The number of rotatable bonds is 6. The number of pyridine rings is 1. The monoisotopic (exact) mass is 414 g/mol. The van der Waals surface area contributed by atoms with E-state index in [9.17, 15) is 14.4 Å². The number of carbonyl (C=O) groups excluding carboxylic acids is 2. The second-order valence-electron chi connectivity index (χ2n) is 7.91. The molecular formula is C21H26N4O3S. The van der Waals surface area contributed by atoms with Crippen molar-refractivity contribution in [1.29, 1.82) is 0 Å². The van der Waals surface area contributed by atoms with Crippen LogP contribution in [0.3, 0.4) is 0 Å². The lowest BCUT2D eigenvalue weighted by Crippen LogP contribution is -2.53. The minimum atomic E-state index is -0.0988. The summed E-state index contributed by atoms with van der Waals surface area (Å²) in [7, 11) is 0. The van der Waals surface area contributed by atoms with Crippen LogP contribution in [0.1, 0.15) is 35.9 Å². The Kier molecular flexibility index (Phi) is 5.82.